The van der Waals surface area contributed by atoms with Crippen molar-refractivity contribution in [2.24, 2.45) is 0 Å². The van der Waals surface area contributed by atoms with Gasteiger partial charge in [0.15, 0.2) is 5.82 Å². The number of halogens is 1. The molecule has 1 aromatic carbocycles. The molecule has 6 nitrogen and oxygen atoms in total. The molecule has 0 saturated heterocycles. The van der Waals surface area contributed by atoms with Gasteiger partial charge in [-0.05, 0) is 52.7 Å². The predicted octanol–water partition coefficient (Wildman–Crippen LogP) is 2.41. The van der Waals surface area contributed by atoms with Gasteiger partial charge in [-0.2, -0.15) is 5.26 Å². The van der Waals surface area contributed by atoms with Crippen LogP contribution in [-0.2, 0) is 10.0 Å². The van der Waals surface area contributed by atoms with Gasteiger partial charge in [0.25, 0.3) is 10.0 Å². The van der Waals surface area contributed by atoms with Crippen LogP contribution in [0, 0.1) is 18.3 Å². The lowest BCUT2D eigenvalue weighted by Crippen LogP contribution is -2.14. The molecule has 0 fully saturated rings. The third kappa shape index (κ3) is 3.32. The van der Waals surface area contributed by atoms with Crippen LogP contribution in [-0.4, -0.2) is 13.4 Å². The monoisotopic (exact) mass is 366 g/mol. The number of nitrogens with one attached hydrogen (secondary N) is 1. The molecule has 0 aliphatic heterocycles. The lowest BCUT2D eigenvalue weighted by Gasteiger charge is -2.10. The van der Waals surface area contributed by atoms with Crippen molar-refractivity contribution in [3.63, 3.8) is 0 Å². The normalized spacial score (nSPS) is 10.9. The van der Waals surface area contributed by atoms with Gasteiger partial charge in [-0.3, -0.25) is 4.72 Å². The van der Waals surface area contributed by atoms with Crippen LogP contribution in [0.1, 0.15) is 11.1 Å². The average Bonchev–Trinajstić information content (AvgIpc) is 2.42. The van der Waals surface area contributed by atoms with Crippen molar-refractivity contribution in [1.82, 2.24) is 4.98 Å². The second-order valence-corrected chi connectivity index (χ2v) is 6.83. The fourth-order valence-electron chi connectivity index (χ4n) is 1.64. The summed E-state index contributed by atoms with van der Waals surface area (Å²) in [5.74, 6) is 0.145. The number of hydrogen-bond acceptors (Lipinski definition) is 5. The Balaban J connectivity index is 2.39. The maximum Gasteiger partial charge on any atom is 0.263 e. The molecule has 0 spiro atoms. The zero-order valence-corrected chi connectivity index (χ0v) is 13.4. The van der Waals surface area contributed by atoms with Crippen LogP contribution < -0.4 is 10.5 Å². The van der Waals surface area contributed by atoms with E-state index < -0.39 is 10.0 Å². The van der Waals surface area contributed by atoms with Crippen molar-refractivity contribution in [1.29, 1.82) is 5.26 Å². The maximum atomic E-state index is 12.3. The largest absolute Gasteiger partial charge is 0.397 e. The Morgan fingerprint density at radius 3 is 2.67 bits per heavy atom. The number of sulfonamides is 1. The number of pyridine rings is 1. The Bertz CT molecular complexity index is 844. The minimum absolute atomic E-state index is 0.0597. The first-order valence-corrected chi connectivity index (χ1v) is 8.05. The molecule has 0 bridgehead atoms. The molecular weight excluding hydrogens is 356 g/mol. The second kappa shape index (κ2) is 5.71. The van der Waals surface area contributed by atoms with Crippen molar-refractivity contribution < 1.29 is 8.42 Å². The summed E-state index contributed by atoms with van der Waals surface area (Å²) in [5.41, 5.74) is 6.99. The number of anilines is 2. The summed E-state index contributed by atoms with van der Waals surface area (Å²) >= 11 is 3.20. The first kappa shape index (κ1) is 15.3. The molecule has 0 saturated carbocycles. The van der Waals surface area contributed by atoms with E-state index in [-0.39, 0.29) is 10.7 Å². The molecule has 1 heterocycles. The Hall–Kier alpha value is -2.11. The van der Waals surface area contributed by atoms with Crippen LogP contribution in [0.25, 0.3) is 0 Å². The van der Waals surface area contributed by atoms with Gasteiger partial charge >= 0.3 is 0 Å². The van der Waals surface area contributed by atoms with Crippen molar-refractivity contribution in [2.45, 2.75) is 11.8 Å². The number of nitriles is 1. The summed E-state index contributed by atoms with van der Waals surface area (Å²) in [7, 11) is -3.79. The Morgan fingerprint density at radius 1 is 1.38 bits per heavy atom. The third-order valence-corrected chi connectivity index (χ3v) is 4.66. The quantitative estimate of drug-likeness (QED) is 0.866. The molecule has 3 N–H and O–H groups in total. The van der Waals surface area contributed by atoms with Gasteiger partial charge in [0, 0.05) is 0 Å². The smallest absolute Gasteiger partial charge is 0.263 e. The topological polar surface area (TPSA) is 109 Å². The number of nitrogens with two attached hydrogens (primary N) is 1. The highest BCUT2D eigenvalue weighted by Crippen LogP contribution is 2.25. The first-order valence-electron chi connectivity index (χ1n) is 5.78. The summed E-state index contributed by atoms with van der Waals surface area (Å²) in [6.45, 7) is 1.68. The molecule has 0 unspecified atom stereocenters. The molecule has 0 aliphatic carbocycles. The molecule has 0 radical (unpaired) electrons. The summed E-state index contributed by atoms with van der Waals surface area (Å²) in [4.78, 5) is 3.99. The van der Waals surface area contributed by atoms with Crippen molar-refractivity contribution in [3.8, 4) is 6.07 Å². The van der Waals surface area contributed by atoms with E-state index in [2.05, 4.69) is 25.6 Å². The van der Waals surface area contributed by atoms with Crippen LogP contribution in [0.3, 0.4) is 0 Å². The highest BCUT2D eigenvalue weighted by Gasteiger charge is 2.17. The molecule has 8 heteroatoms. The molecule has 2 aromatic rings. The van der Waals surface area contributed by atoms with E-state index in [4.69, 9.17) is 11.0 Å². The Kier molecular flexibility index (Phi) is 4.16. The molecule has 0 atom stereocenters. The van der Waals surface area contributed by atoms with E-state index in [9.17, 15) is 8.42 Å². The van der Waals surface area contributed by atoms with Crippen molar-refractivity contribution in [2.75, 3.05) is 10.5 Å². The summed E-state index contributed by atoms with van der Waals surface area (Å²) in [6.07, 6.45) is 1.35. The van der Waals surface area contributed by atoms with Gasteiger partial charge in [-0.15, -0.1) is 0 Å². The zero-order chi connectivity index (χ0) is 15.6. The molecular formula is C13H11BrN4O2S. The van der Waals surface area contributed by atoms with E-state index >= 15 is 0 Å². The third-order valence-electron chi connectivity index (χ3n) is 2.72. The van der Waals surface area contributed by atoms with Gasteiger partial charge in [0.1, 0.15) is 0 Å². The highest BCUT2D eigenvalue weighted by atomic mass is 79.9. The van der Waals surface area contributed by atoms with Gasteiger partial charge < -0.3 is 5.73 Å². The average molecular weight is 367 g/mol. The molecule has 0 aliphatic rings. The number of nitrogen functional groups attached to an aromatic ring is 1. The number of nitrogens with zero attached hydrogens (tertiary/aromatic N) is 2. The van der Waals surface area contributed by atoms with Crippen LogP contribution >= 0.6 is 15.9 Å². The van der Waals surface area contributed by atoms with Gasteiger partial charge in [-0.25, -0.2) is 13.4 Å². The van der Waals surface area contributed by atoms with E-state index in [1.807, 2.05) is 6.07 Å². The number of rotatable bonds is 3. The van der Waals surface area contributed by atoms with Gasteiger partial charge in [-0.1, -0.05) is 0 Å². The molecule has 1 aromatic heterocycles. The van der Waals surface area contributed by atoms with E-state index in [1.54, 1.807) is 13.0 Å². The van der Waals surface area contributed by atoms with Crippen molar-refractivity contribution in [3.05, 3.63) is 46.1 Å². The fourth-order valence-corrected chi connectivity index (χ4v) is 3.35. The molecule has 21 heavy (non-hydrogen) atoms. The molecule has 0 amide bonds. The lowest BCUT2D eigenvalue weighted by molar-refractivity contribution is 0.601. The number of benzene rings is 1. The lowest BCUT2D eigenvalue weighted by atomic mass is 10.1. The standard InChI is InChI=1S/C13H11BrN4O2S/c1-8-4-11(3-2-9(8)6-15)21(19,20)18-13-12(14)5-10(16)7-17-13/h2-5,7H,16H2,1H3,(H,17,18). The van der Waals surface area contributed by atoms with Gasteiger partial charge in [0.2, 0.25) is 0 Å². The van der Waals surface area contributed by atoms with E-state index in [0.717, 1.165) is 0 Å². The zero-order valence-electron chi connectivity index (χ0n) is 11.0. The van der Waals surface area contributed by atoms with Crippen LogP contribution in [0.2, 0.25) is 0 Å². The number of aryl methyl sites for hydroxylation is 1. The highest BCUT2D eigenvalue weighted by molar-refractivity contribution is 9.10. The molecule has 2 rings (SSSR count). The predicted molar refractivity (Wildman–Crippen MR) is 83.1 cm³/mol. The Morgan fingerprint density at radius 2 is 2.10 bits per heavy atom. The summed E-state index contributed by atoms with van der Waals surface area (Å²) in [5, 5.41) is 8.87. The van der Waals surface area contributed by atoms with Crippen LogP contribution in [0.5, 0.6) is 0 Å². The minimum Gasteiger partial charge on any atom is -0.397 e. The van der Waals surface area contributed by atoms with Crippen LogP contribution in [0.4, 0.5) is 11.5 Å². The van der Waals surface area contributed by atoms with E-state index in [1.165, 1.54) is 24.4 Å². The van der Waals surface area contributed by atoms with Crippen LogP contribution in [0.15, 0.2) is 39.8 Å². The fraction of sp³-hybridized carbons (Fsp3) is 0.0769. The van der Waals surface area contributed by atoms with Gasteiger partial charge in [0.05, 0.1) is 32.9 Å². The Labute approximate surface area is 130 Å². The number of hydrogen-bond donors (Lipinski definition) is 2. The molecule has 108 valence electrons. The summed E-state index contributed by atoms with van der Waals surface area (Å²) in [6, 6.07) is 7.82. The SMILES string of the molecule is Cc1cc(S(=O)(=O)Nc2ncc(N)cc2Br)ccc1C#N. The first-order chi connectivity index (χ1) is 9.83. The minimum atomic E-state index is -3.79. The number of aromatic nitrogens is 1. The summed E-state index contributed by atoms with van der Waals surface area (Å²) < 4.78 is 27.4. The van der Waals surface area contributed by atoms with Crippen molar-refractivity contribution >= 4 is 37.5 Å². The van der Waals surface area contributed by atoms with E-state index in [0.29, 0.717) is 21.3 Å². The second-order valence-electron chi connectivity index (χ2n) is 4.29. The maximum absolute atomic E-state index is 12.3.